The van der Waals surface area contributed by atoms with Gasteiger partial charge in [-0.15, -0.1) is 0 Å². The zero-order valence-electron chi connectivity index (χ0n) is 17.2. The van der Waals surface area contributed by atoms with Crippen molar-refractivity contribution in [3.8, 4) is 17.2 Å². The maximum atomic E-state index is 9.11. The fourth-order valence-corrected chi connectivity index (χ4v) is 3.05. The lowest BCUT2D eigenvalue weighted by Crippen LogP contribution is -1.89. The topological polar surface area (TPSA) is 76.8 Å². The van der Waals surface area contributed by atoms with Crippen LogP contribution in [0.15, 0.2) is 63.5 Å². The van der Waals surface area contributed by atoms with Crippen LogP contribution in [0, 0.1) is 13.8 Å². The third-order valence-corrected chi connectivity index (χ3v) is 4.78. The fourth-order valence-electron chi connectivity index (χ4n) is 2.78. The summed E-state index contributed by atoms with van der Waals surface area (Å²) >= 11 is 3.40. The van der Waals surface area contributed by atoms with Gasteiger partial charge in [-0.25, -0.2) is 0 Å². The average molecular weight is 471 g/mol. The number of halogens is 1. The van der Waals surface area contributed by atoms with Crippen LogP contribution in [0.3, 0.4) is 0 Å². The molecule has 4 rings (SSSR count). The molecule has 1 aromatic heterocycles. The van der Waals surface area contributed by atoms with Gasteiger partial charge in [0.2, 0.25) is 0 Å². The Bertz CT molecular complexity index is 1140. The van der Waals surface area contributed by atoms with Gasteiger partial charge in [-0.1, -0.05) is 22.0 Å². The quantitative estimate of drug-likeness (QED) is 0.361. The molecule has 0 spiro atoms. The number of methoxy groups -OCH3 is 2. The molecule has 0 bridgehead atoms. The number of phenolic OH excluding ortho intramolecular Hbond substituents is 1. The van der Waals surface area contributed by atoms with E-state index in [4.69, 9.17) is 19.0 Å². The van der Waals surface area contributed by atoms with Crippen molar-refractivity contribution in [2.24, 2.45) is 0 Å². The minimum Gasteiger partial charge on any atom is -0.504 e. The molecule has 6 nitrogen and oxygen atoms in total. The highest BCUT2D eigenvalue weighted by Crippen LogP contribution is 2.31. The molecule has 0 unspecified atom stereocenters. The summed E-state index contributed by atoms with van der Waals surface area (Å²) in [4.78, 5) is 4.43. The molecule has 0 saturated carbocycles. The molecule has 30 heavy (non-hydrogen) atoms. The Morgan fingerprint density at radius 1 is 0.900 bits per heavy atom. The maximum Gasteiger partial charge on any atom is 0.300 e. The Labute approximate surface area is 183 Å². The average Bonchev–Trinajstić information content (AvgIpc) is 3.13. The lowest BCUT2D eigenvalue weighted by Gasteiger charge is -2.02. The summed E-state index contributed by atoms with van der Waals surface area (Å²) in [5.74, 6) is 1.41. The zero-order valence-corrected chi connectivity index (χ0v) is 18.8. The third-order valence-electron chi connectivity index (χ3n) is 4.25. The number of ether oxygens (including phenoxy) is 2. The van der Waals surface area contributed by atoms with E-state index in [9.17, 15) is 0 Å². The predicted molar refractivity (Wildman–Crippen MR) is 122 cm³/mol. The number of phenols is 1. The van der Waals surface area contributed by atoms with Crippen molar-refractivity contribution in [3.05, 3.63) is 70.2 Å². The molecule has 1 heterocycles. The molecule has 4 aromatic rings. The number of benzene rings is 3. The molecule has 0 aliphatic rings. The SMILES string of the molecule is COc1cc(C)cc2nc(Nc3ccc(Br)cc3)oc12.COc1cc(C)ccc1O. The van der Waals surface area contributed by atoms with Gasteiger partial charge in [0.15, 0.2) is 22.8 Å². The normalized spacial score (nSPS) is 10.3. The first-order chi connectivity index (χ1) is 14.4. The highest BCUT2D eigenvalue weighted by atomic mass is 79.9. The Balaban J connectivity index is 0.000000216. The van der Waals surface area contributed by atoms with Gasteiger partial charge in [0.1, 0.15) is 5.52 Å². The predicted octanol–water partition coefficient (Wildman–Crippen LogP) is 6.36. The van der Waals surface area contributed by atoms with E-state index >= 15 is 0 Å². The number of aryl methyl sites for hydroxylation is 2. The van der Waals surface area contributed by atoms with Crippen molar-refractivity contribution in [1.82, 2.24) is 4.98 Å². The van der Waals surface area contributed by atoms with Gasteiger partial charge >= 0.3 is 0 Å². The van der Waals surface area contributed by atoms with Gasteiger partial charge in [0, 0.05) is 10.2 Å². The number of rotatable bonds is 4. The summed E-state index contributed by atoms with van der Waals surface area (Å²) in [6.45, 7) is 3.94. The third kappa shape index (κ3) is 5.24. The number of aromatic nitrogens is 1. The molecule has 0 saturated heterocycles. The van der Waals surface area contributed by atoms with Crippen LogP contribution in [-0.4, -0.2) is 24.3 Å². The summed E-state index contributed by atoms with van der Waals surface area (Å²) < 4.78 is 16.9. The molecule has 0 radical (unpaired) electrons. The molecule has 0 aliphatic heterocycles. The Hall–Kier alpha value is -3.19. The highest BCUT2D eigenvalue weighted by molar-refractivity contribution is 9.10. The highest BCUT2D eigenvalue weighted by Gasteiger charge is 2.11. The van der Waals surface area contributed by atoms with Crippen LogP contribution in [0.2, 0.25) is 0 Å². The van der Waals surface area contributed by atoms with Gasteiger partial charge in [0.25, 0.3) is 6.01 Å². The van der Waals surface area contributed by atoms with Crippen molar-refractivity contribution in [3.63, 3.8) is 0 Å². The second-order valence-electron chi connectivity index (χ2n) is 6.64. The number of aromatic hydroxyl groups is 1. The largest absolute Gasteiger partial charge is 0.504 e. The molecule has 2 N–H and O–H groups in total. The first kappa shape index (κ1) is 21.5. The van der Waals surface area contributed by atoms with Gasteiger partial charge < -0.3 is 24.3 Å². The second-order valence-corrected chi connectivity index (χ2v) is 7.56. The van der Waals surface area contributed by atoms with Gasteiger partial charge in [-0.3, -0.25) is 0 Å². The van der Waals surface area contributed by atoms with Crippen LogP contribution < -0.4 is 14.8 Å². The number of anilines is 2. The van der Waals surface area contributed by atoms with Crippen molar-refractivity contribution in [1.29, 1.82) is 0 Å². The van der Waals surface area contributed by atoms with Gasteiger partial charge in [0.05, 0.1) is 14.2 Å². The summed E-state index contributed by atoms with van der Waals surface area (Å²) in [6.07, 6.45) is 0. The van der Waals surface area contributed by atoms with Crippen LogP contribution >= 0.6 is 15.9 Å². The van der Waals surface area contributed by atoms with E-state index in [-0.39, 0.29) is 5.75 Å². The van der Waals surface area contributed by atoms with E-state index in [0.717, 1.165) is 26.8 Å². The van der Waals surface area contributed by atoms with E-state index in [0.29, 0.717) is 23.1 Å². The van der Waals surface area contributed by atoms with Crippen LogP contribution in [0.5, 0.6) is 17.2 Å². The van der Waals surface area contributed by atoms with Crippen molar-refractivity contribution < 1.29 is 19.0 Å². The zero-order chi connectivity index (χ0) is 21.7. The number of fused-ring (bicyclic) bond motifs is 1. The number of hydrogen-bond acceptors (Lipinski definition) is 6. The molecular formula is C23H23BrN2O4. The lowest BCUT2D eigenvalue weighted by atomic mass is 10.2. The number of oxazole rings is 1. The van der Waals surface area contributed by atoms with Crippen LogP contribution in [0.25, 0.3) is 11.1 Å². The maximum absolute atomic E-state index is 9.11. The van der Waals surface area contributed by atoms with Crippen LogP contribution in [-0.2, 0) is 0 Å². The molecule has 0 atom stereocenters. The molecule has 0 fully saturated rings. The number of hydrogen-bond donors (Lipinski definition) is 2. The van der Waals surface area contributed by atoms with Crippen molar-refractivity contribution in [2.75, 3.05) is 19.5 Å². The minimum atomic E-state index is 0.188. The smallest absolute Gasteiger partial charge is 0.300 e. The minimum absolute atomic E-state index is 0.188. The van der Waals surface area contributed by atoms with E-state index in [1.807, 2.05) is 56.3 Å². The summed E-state index contributed by atoms with van der Waals surface area (Å²) in [6, 6.07) is 17.4. The Morgan fingerprint density at radius 2 is 1.57 bits per heavy atom. The van der Waals surface area contributed by atoms with E-state index in [2.05, 4.69) is 26.2 Å². The van der Waals surface area contributed by atoms with Crippen molar-refractivity contribution in [2.45, 2.75) is 13.8 Å². The molecule has 156 valence electrons. The molecule has 0 aliphatic carbocycles. The first-order valence-corrected chi connectivity index (χ1v) is 10.00. The first-order valence-electron chi connectivity index (χ1n) is 9.21. The van der Waals surface area contributed by atoms with Crippen LogP contribution in [0.4, 0.5) is 11.7 Å². The number of nitrogens with zero attached hydrogens (tertiary/aromatic N) is 1. The second kappa shape index (κ2) is 9.54. The van der Waals surface area contributed by atoms with E-state index in [1.54, 1.807) is 19.2 Å². The molecule has 7 heteroatoms. The molecular weight excluding hydrogens is 448 g/mol. The van der Waals surface area contributed by atoms with Crippen LogP contribution in [0.1, 0.15) is 11.1 Å². The van der Waals surface area contributed by atoms with Gasteiger partial charge in [-0.2, -0.15) is 4.98 Å². The summed E-state index contributed by atoms with van der Waals surface area (Å²) in [7, 11) is 3.16. The number of nitrogens with one attached hydrogen (secondary N) is 1. The lowest BCUT2D eigenvalue weighted by molar-refractivity contribution is 0.373. The fraction of sp³-hybridized carbons (Fsp3) is 0.174. The Morgan fingerprint density at radius 3 is 2.20 bits per heavy atom. The van der Waals surface area contributed by atoms with Crippen molar-refractivity contribution >= 4 is 38.7 Å². The van der Waals surface area contributed by atoms with E-state index < -0.39 is 0 Å². The monoisotopic (exact) mass is 470 g/mol. The molecule has 3 aromatic carbocycles. The Kier molecular flexibility index (Phi) is 6.84. The van der Waals surface area contributed by atoms with Gasteiger partial charge in [-0.05, 0) is 73.5 Å². The van der Waals surface area contributed by atoms with E-state index in [1.165, 1.54) is 7.11 Å². The standard InChI is InChI=1S/C15H13BrN2O2.C8H10O2/c1-9-7-12-14(13(8-9)19-2)20-15(18-12)17-11-5-3-10(16)4-6-11;1-6-3-4-7(9)8(5-6)10-2/h3-8H,1-2H3,(H,17,18);3-5,9H,1-2H3. The summed E-state index contributed by atoms with van der Waals surface area (Å²) in [5.41, 5.74) is 4.50. The summed E-state index contributed by atoms with van der Waals surface area (Å²) in [5, 5.41) is 12.2. The molecule has 0 amide bonds.